The molecule has 111 heavy (non-hydrogen) atoms. The maximum Gasteiger partial charge on any atom is 0.186 e. The van der Waals surface area contributed by atoms with Crippen molar-refractivity contribution in [3.63, 3.8) is 0 Å². The predicted molar refractivity (Wildman–Crippen MR) is 497 cm³/mol. The van der Waals surface area contributed by atoms with E-state index in [1.54, 1.807) is 33.9 Å². The number of aromatic hydroxyl groups is 2. The van der Waals surface area contributed by atoms with Crippen molar-refractivity contribution in [2.24, 2.45) is 11.8 Å². The lowest BCUT2D eigenvalue weighted by atomic mass is 9.97. The molecule has 3 atom stereocenters. The first-order valence-electron chi connectivity index (χ1n) is 42.4. The van der Waals surface area contributed by atoms with Crippen LogP contribution in [-0.2, 0) is 65.4 Å². The Bertz CT molecular complexity index is 4070. The summed E-state index contributed by atoms with van der Waals surface area (Å²) in [6, 6.07) is 62.2. The van der Waals surface area contributed by atoms with Crippen molar-refractivity contribution in [2.45, 2.75) is 243 Å². The average molecular weight is 1640 g/mol. The first kappa shape index (κ1) is 89.9. The van der Waals surface area contributed by atoms with Crippen molar-refractivity contribution in [3.05, 3.63) is 181 Å². The minimum atomic E-state index is 0.225. The normalized spacial score (nSPS) is 17.0. The summed E-state index contributed by atoms with van der Waals surface area (Å²) in [6.07, 6.45) is 43.3. The molecule has 5 fully saturated rings. The van der Waals surface area contributed by atoms with Crippen LogP contribution in [0.3, 0.4) is 0 Å². The first-order valence-corrected chi connectivity index (χ1v) is 53.0. The number of ether oxygens (including phenoxy) is 4. The predicted octanol–water partition coefficient (Wildman–Crippen LogP) is 26.7. The molecule has 9 aromatic rings. The van der Waals surface area contributed by atoms with E-state index in [9.17, 15) is 5.11 Å². The van der Waals surface area contributed by atoms with Crippen molar-refractivity contribution < 1.29 is 29.2 Å². The number of alkyl halides is 1. The second-order valence-corrected chi connectivity index (χ2v) is 44.9. The van der Waals surface area contributed by atoms with Gasteiger partial charge in [0, 0.05) is 122 Å². The van der Waals surface area contributed by atoms with E-state index in [0.29, 0.717) is 66.0 Å². The van der Waals surface area contributed by atoms with Gasteiger partial charge in [-0.15, -0.1) is 0 Å². The number of phenolic OH excluding ortho intramolecular Hbond substituents is 2. The number of phenols is 2. The maximum absolute atomic E-state index is 9.74. The Morgan fingerprint density at radius 3 is 1.34 bits per heavy atom. The maximum atomic E-state index is 9.74. The van der Waals surface area contributed by atoms with Crippen LogP contribution >= 0.6 is 11.6 Å². The van der Waals surface area contributed by atoms with Gasteiger partial charge in [0.15, 0.2) is 46.1 Å². The second-order valence-electron chi connectivity index (χ2n) is 31.1. The second kappa shape index (κ2) is 50.4. The van der Waals surface area contributed by atoms with Gasteiger partial charge in [0.2, 0.25) is 0 Å². The van der Waals surface area contributed by atoms with Gasteiger partial charge >= 0.3 is 0 Å². The topological polar surface area (TPSA) is 77.4 Å². The molecule has 3 unspecified atom stereocenters. The van der Waals surface area contributed by atoms with Gasteiger partial charge in [0.05, 0.1) is 26.9 Å². The van der Waals surface area contributed by atoms with Crippen LogP contribution in [0.15, 0.2) is 205 Å². The number of hydrogen-bond acceptors (Lipinski definition) is 6. The summed E-state index contributed by atoms with van der Waals surface area (Å²) in [5.74, 6) is 15.6. The average Bonchev–Trinajstić information content (AvgIpc) is 1.50. The Morgan fingerprint density at radius 2 is 0.865 bits per heavy atom. The highest BCUT2D eigenvalue weighted by Crippen LogP contribution is 2.42. The highest BCUT2D eigenvalue weighted by Gasteiger charge is 2.41. The quantitative estimate of drug-likeness (QED) is 0.0211. The summed E-state index contributed by atoms with van der Waals surface area (Å²) in [7, 11) is 3.83. The number of aryl methyl sites for hydroxylation is 1. The molecule has 4 aliphatic heterocycles. The number of halogens is 1. The van der Waals surface area contributed by atoms with Crippen LogP contribution in [0.2, 0.25) is 0 Å². The van der Waals surface area contributed by atoms with E-state index in [1.165, 1.54) is 254 Å². The standard InChI is InChI=1S/C26H39OS.C23H31OS.C21H29OS.C12H16O2S.C8H10ClS.C8H10OS/c1-2-3-4-5-6-7-8-9-10-13-20-27-25-18-19-26(28-21-14-15-22-28)24-17-12-11-16-23(24)25;1-2-4-10-19(9-3-1)15-16-24-22-13-14-23(25-17-7-8-18-25)21-12-6-5-11-20(21)22;1-4-5-14-22-19-12-13-21(18-10-7-6-9-17(18)19)23-15-8-11-20(23)16(2)3;1-9-7-10(15-5-3-4-6-15)8-11(14-2)12(9)13;1-10(7-9)8-5-3-2-4-6-8;1-10(2)8-5-3-7(9)4-6-8/h11-12,16-19H,2-10,13-15,20-22H2,1H3;5-6,11-14,19H,1-4,7-10,15-18H2;6-7,9-10,12-13,16,20H,4-5,8,11,14-15H2,1-3H3;7-8H,3-6H2,1-2H3;2-6H,7H2,1H3;3-6H,1-2H3/q3*+1;;+1;/p+2. The molecule has 13 heteroatoms. The zero-order chi connectivity index (χ0) is 78.4. The molecule has 5 aliphatic rings. The van der Waals surface area contributed by atoms with Crippen LogP contribution in [0.1, 0.15) is 207 Å². The molecule has 0 amide bonds. The summed E-state index contributed by atoms with van der Waals surface area (Å²) in [5.41, 5.74) is 0.920. The van der Waals surface area contributed by atoms with Crippen LogP contribution in [0.4, 0.5) is 0 Å². The lowest BCUT2D eigenvalue weighted by Crippen LogP contribution is -2.23. The van der Waals surface area contributed by atoms with E-state index in [1.807, 2.05) is 43.3 Å². The van der Waals surface area contributed by atoms with Gasteiger partial charge in [0.1, 0.15) is 87.3 Å². The van der Waals surface area contributed by atoms with E-state index in [-0.39, 0.29) is 16.6 Å². The molecule has 9 aromatic carbocycles. The van der Waals surface area contributed by atoms with Crippen LogP contribution < -0.4 is 18.9 Å². The Labute approximate surface area is 694 Å². The minimum absolute atomic E-state index is 0.225. The lowest BCUT2D eigenvalue weighted by Gasteiger charge is -2.17. The molecule has 1 aliphatic carbocycles. The fourth-order valence-corrected chi connectivity index (χ4v) is 28.0. The molecule has 0 bridgehead atoms. The van der Waals surface area contributed by atoms with Crippen molar-refractivity contribution >= 4 is 109 Å². The zero-order valence-electron chi connectivity index (χ0n) is 69.2. The molecule has 4 saturated heterocycles. The number of rotatable bonds is 29. The van der Waals surface area contributed by atoms with Crippen LogP contribution in [0, 0.1) is 18.8 Å². The zero-order valence-corrected chi connectivity index (χ0v) is 74.9. The molecule has 602 valence electrons. The van der Waals surface area contributed by atoms with Gasteiger partial charge in [-0.3, -0.25) is 0 Å². The number of benzene rings is 9. The third-order valence-electron chi connectivity index (χ3n) is 22.2. The van der Waals surface area contributed by atoms with Crippen LogP contribution in [0.25, 0.3) is 32.3 Å². The highest BCUT2D eigenvalue weighted by molar-refractivity contribution is 7.98. The number of hydrogen-bond donors (Lipinski definition) is 2. The van der Waals surface area contributed by atoms with Crippen molar-refractivity contribution in [2.75, 3.05) is 91.2 Å². The molecule has 0 spiro atoms. The van der Waals surface area contributed by atoms with Crippen molar-refractivity contribution in [1.82, 2.24) is 0 Å². The fraction of sp³-hybridized carbons (Fsp3) is 0.510. The van der Waals surface area contributed by atoms with E-state index in [4.69, 9.17) is 35.7 Å². The van der Waals surface area contributed by atoms with E-state index in [0.717, 1.165) is 71.4 Å². The van der Waals surface area contributed by atoms with Crippen molar-refractivity contribution in [3.8, 4) is 34.5 Å². The number of methoxy groups -OCH3 is 1. The molecular formula is C98H137ClO6S6+6. The summed E-state index contributed by atoms with van der Waals surface area (Å²) < 4.78 is 23.7. The highest BCUT2D eigenvalue weighted by atomic mass is 35.5. The van der Waals surface area contributed by atoms with E-state index < -0.39 is 0 Å². The van der Waals surface area contributed by atoms with Gasteiger partial charge < -0.3 is 29.2 Å². The monoisotopic (exact) mass is 1640 g/mol. The van der Waals surface area contributed by atoms with Gasteiger partial charge in [-0.25, -0.2) is 0 Å². The Hall–Kier alpha value is -5.05. The largest absolute Gasteiger partial charge is 0.508 e. The lowest BCUT2D eigenvalue weighted by molar-refractivity contribution is 0.269. The molecule has 1 saturated carbocycles. The van der Waals surface area contributed by atoms with Crippen molar-refractivity contribution in [1.29, 1.82) is 0 Å². The molecule has 0 radical (unpaired) electrons. The Balaban J connectivity index is 0.000000159. The van der Waals surface area contributed by atoms with Crippen LogP contribution in [-0.4, -0.2) is 107 Å². The van der Waals surface area contributed by atoms with Crippen LogP contribution in [0.5, 0.6) is 34.5 Å². The smallest absolute Gasteiger partial charge is 0.186 e. The Kier molecular flexibility index (Phi) is 40.8. The van der Waals surface area contributed by atoms with Gasteiger partial charge in [-0.1, -0.05) is 215 Å². The van der Waals surface area contributed by atoms with Gasteiger partial charge in [0.25, 0.3) is 0 Å². The third kappa shape index (κ3) is 28.7. The summed E-state index contributed by atoms with van der Waals surface area (Å²) >= 11 is 5.70. The number of fused-ring (bicyclic) bond motifs is 3. The minimum Gasteiger partial charge on any atom is -0.508 e. The van der Waals surface area contributed by atoms with Gasteiger partial charge in [-0.2, -0.15) is 0 Å². The SMILES string of the molecule is CCCCCCCCCCCCOc1ccc([S+]2CCCC2)c2ccccc12.CCCCOc1ccc([S+]2CCCC2C(C)C)c2ccccc12.COc1cc([S+]2CCCC2)cc(C)c1O.C[S+](C)c1ccc(O)cc1.C[S+](CCl)c1ccccc1.c1ccc2c([S+]3CCCC3)ccc(OCCC3CCCCCC3)c2c1. The van der Waals surface area contributed by atoms with Gasteiger partial charge in [-0.05, 0) is 174 Å². The van der Waals surface area contributed by atoms with E-state index >= 15 is 0 Å². The summed E-state index contributed by atoms with van der Waals surface area (Å²) in [4.78, 5) is 8.69. The molecule has 14 rings (SSSR count). The third-order valence-corrected chi connectivity index (χ3v) is 36.5. The molecule has 6 nitrogen and oxygen atoms in total. The summed E-state index contributed by atoms with van der Waals surface area (Å²) in [5, 5.41) is 28.5. The molecule has 2 N–H and O–H groups in total. The van der Waals surface area contributed by atoms with E-state index in [2.05, 4.69) is 174 Å². The summed E-state index contributed by atoms with van der Waals surface area (Å²) in [6.45, 7) is 13.8. The molecular weight excluding hydrogens is 1500 g/mol. The molecule has 0 aromatic heterocycles. The Morgan fingerprint density at radius 1 is 0.423 bits per heavy atom. The fourth-order valence-electron chi connectivity index (χ4n) is 15.7. The molecule has 4 heterocycles. The first-order chi connectivity index (χ1) is 54.3. The number of unbranched alkanes of at least 4 members (excludes halogenated alkanes) is 10.